The van der Waals surface area contributed by atoms with Crippen LogP contribution in [0.5, 0.6) is 0 Å². The number of hydrogen-bond acceptors (Lipinski definition) is 3. The van der Waals surface area contributed by atoms with E-state index in [-0.39, 0.29) is 17.0 Å². The van der Waals surface area contributed by atoms with Crippen LogP contribution in [0, 0.1) is 5.82 Å². The Labute approximate surface area is 108 Å². The Bertz CT molecular complexity index is 431. The van der Waals surface area contributed by atoms with Gasteiger partial charge in [0.15, 0.2) is 5.82 Å². The number of nitrogens with zero attached hydrogens (tertiary/aromatic N) is 2. The molecule has 0 amide bonds. The standard InChI is InChI=1S/C14H22FN3/c1-14(2)10-18(8-7-17(14)3)9-11-5-4-6-12(16)13(11)15/h4-6H,7-10,16H2,1-3H3. The van der Waals surface area contributed by atoms with Gasteiger partial charge < -0.3 is 5.73 Å². The van der Waals surface area contributed by atoms with Crippen LogP contribution in [0.3, 0.4) is 0 Å². The number of benzene rings is 1. The zero-order valence-electron chi connectivity index (χ0n) is 11.4. The van der Waals surface area contributed by atoms with Crippen LogP contribution in [0.15, 0.2) is 18.2 Å². The van der Waals surface area contributed by atoms with Gasteiger partial charge in [-0.1, -0.05) is 12.1 Å². The molecule has 0 bridgehead atoms. The summed E-state index contributed by atoms with van der Waals surface area (Å²) in [6.07, 6.45) is 0. The second kappa shape index (κ2) is 4.86. The molecule has 1 aromatic carbocycles. The van der Waals surface area contributed by atoms with Crippen molar-refractivity contribution in [3.63, 3.8) is 0 Å². The van der Waals surface area contributed by atoms with Crippen molar-refractivity contribution >= 4 is 5.69 Å². The van der Waals surface area contributed by atoms with Crippen molar-refractivity contribution in [2.24, 2.45) is 0 Å². The largest absolute Gasteiger partial charge is 0.396 e. The summed E-state index contributed by atoms with van der Waals surface area (Å²) in [5.41, 5.74) is 6.66. The smallest absolute Gasteiger partial charge is 0.150 e. The maximum absolute atomic E-state index is 13.9. The average Bonchev–Trinajstić information content (AvgIpc) is 2.29. The highest BCUT2D eigenvalue weighted by atomic mass is 19.1. The molecule has 0 radical (unpaired) electrons. The number of halogens is 1. The molecule has 1 saturated heterocycles. The molecule has 2 rings (SSSR count). The number of rotatable bonds is 2. The minimum Gasteiger partial charge on any atom is -0.396 e. The fourth-order valence-corrected chi connectivity index (χ4v) is 2.44. The van der Waals surface area contributed by atoms with E-state index in [4.69, 9.17) is 5.73 Å². The van der Waals surface area contributed by atoms with Crippen molar-refractivity contribution < 1.29 is 4.39 Å². The highest BCUT2D eigenvalue weighted by Crippen LogP contribution is 2.22. The first-order valence-corrected chi connectivity index (χ1v) is 6.36. The van der Waals surface area contributed by atoms with Gasteiger partial charge in [-0.05, 0) is 27.0 Å². The fourth-order valence-electron chi connectivity index (χ4n) is 2.44. The van der Waals surface area contributed by atoms with E-state index in [0.29, 0.717) is 12.1 Å². The van der Waals surface area contributed by atoms with E-state index in [0.717, 1.165) is 19.6 Å². The number of likely N-dealkylation sites (N-methyl/N-ethyl adjacent to an activating group) is 1. The first-order chi connectivity index (χ1) is 8.40. The van der Waals surface area contributed by atoms with Gasteiger partial charge in [0, 0.05) is 37.3 Å². The van der Waals surface area contributed by atoms with Gasteiger partial charge in [-0.25, -0.2) is 4.39 Å². The molecule has 0 aliphatic carbocycles. The topological polar surface area (TPSA) is 32.5 Å². The van der Waals surface area contributed by atoms with Gasteiger partial charge in [0.25, 0.3) is 0 Å². The van der Waals surface area contributed by atoms with Crippen molar-refractivity contribution in [3.05, 3.63) is 29.6 Å². The minimum atomic E-state index is -0.269. The Morgan fingerprint density at radius 1 is 1.33 bits per heavy atom. The summed E-state index contributed by atoms with van der Waals surface area (Å²) in [7, 11) is 2.14. The third kappa shape index (κ3) is 2.65. The monoisotopic (exact) mass is 251 g/mol. The Morgan fingerprint density at radius 3 is 2.72 bits per heavy atom. The maximum atomic E-state index is 13.9. The summed E-state index contributed by atoms with van der Waals surface area (Å²) in [5, 5.41) is 0. The summed E-state index contributed by atoms with van der Waals surface area (Å²) in [6, 6.07) is 5.23. The van der Waals surface area contributed by atoms with Gasteiger partial charge in [0.1, 0.15) is 0 Å². The molecule has 2 N–H and O–H groups in total. The Hall–Kier alpha value is -1.13. The third-order valence-electron chi connectivity index (χ3n) is 3.90. The maximum Gasteiger partial charge on any atom is 0.150 e. The minimum absolute atomic E-state index is 0.134. The number of nitrogens with two attached hydrogens (primary N) is 1. The summed E-state index contributed by atoms with van der Waals surface area (Å²) < 4.78 is 13.9. The second-order valence-electron chi connectivity index (χ2n) is 5.76. The zero-order chi connectivity index (χ0) is 13.3. The van der Waals surface area contributed by atoms with E-state index >= 15 is 0 Å². The molecule has 0 spiro atoms. The van der Waals surface area contributed by atoms with Crippen LogP contribution in [0.1, 0.15) is 19.4 Å². The molecule has 1 fully saturated rings. The van der Waals surface area contributed by atoms with Gasteiger partial charge in [0.2, 0.25) is 0 Å². The van der Waals surface area contributed by atoms with Crippen LogP contribution in [0.2, 0.25) is 0 Å². The van der Waals surface area contributed by atoms with Crippen LogP contribution in [-0.4, -0.2) is 42.0 Å². The van der Waals surface area contributed by atoms with Crippen molar-refractivity contribution in [3.8, 4) is 0 Å². The highest BCUT2D eigenvalue weighted by molar-refractivity contribution is 5.42. The van der Waals surface area contributed by atoms with Crippen LogP contribution in [0.4, 0.5) is 10.1 Å². The molecule has 1 aromatic rings. The van der Waals surface area contributed by atoms with Crippen molar-refractivity contribution in [2.45, 2.75) is 25.9 Å². The van der Waals surface area contributed by atoms with Crippen molar-refractivity contribution in [1.29, 1.82) is 0 Å². The molecular formula is C14H22FN3. The highest BCUT2D eigenvalue weighted by Gasteiger charge is 2.31. The van der Waals surface area contributed by atoms with Crippen LogP contribution in [-0.2, 0) is 6.54 Å². The van der Waals surface area contributed by atoms with Crippen LogP contribution < -0.4 is 5.73 Å². The van der Waals surface area contributed by atoms with Gasteiger partial charge >= 0.3 is 0 Å². The predicted molar refractivity (Wildman–Crippen MR) is 72.8 cm³/mol. The average molecular weight is 251 g/mol. The Morgan fingerprint density at radius 2 is 2.06 bits per heavy atom. The third-order valence-corrected chi connectivity index (χ3v) is 3.90. The van der Waals surface area contributed by atoms with E-state index in [1.54, 1.807) is 6.07 Å². The first kappa shape index (κ1) is 13.3. The first-order valence-electron chi connectivity index (χ1n) is 6.36. The Balaban J connectivity index is 2.09. The molecule has 1 aliphatic heterocycles. The lowest BCUT2D eigenvalue weighted by Gasteiger charge is -2.45. The fraction of sp³-hybridized carbons (Fsp3) is 0.571. The molecular weight excluding hydrogens is 229 g/mol. The predicted octanol–water partition coefficient (Wildman–Crippen LogP) is 1.93. The summed E-state index contributed by atoms with van der Waals surface area (Å²) in [5.74, 6) is -0.269. The quantitative estimate of drug-likeness (QED) is 0.815. The number of nitrogen functional groups attached to an aromatic ring is 1. The number of anilines is 1. The zero-order valence-corrected chi connectivity index (χ0v) is 11.4. The number of piperazine rings is 1. The van der Waals surface area contributed by atoms with E-state index in [9.17, 15) is 4.39 Å². The lowest BCUT2D eigenvalue weighted by atomic mass is 9.99. The molecule has 3 nitrogen and oxygen atoms in total. The van der Waals surface area contributed by atoms with E-state index in [1.165, 1.54) is 0 Å². The number of hydrogen-bond donors (Lipinski definition) is 1. The molecule has 0 atom stereocenters. The van der Waals surface area contributed by atoms with Crippen LogP contribution in [0.25, 0.3) is 0 Å². The lowest BCUT2D eigenvalue weighted by molar-refractivity contribution is 0.0355. The van der Waals surface area contributed by atoms with Crippen LogP contribution >= 0.6 is 0 Å². The second-order valence-corrected chi connectivity index (χ2v) is 5.76. The Kier molecular flexibility index (Phi) is 3.59. The summed E-state index contributed by atoms with van der Waals surface area (Å²) in [6.45, 7) is 7.99. The van der Waals surface area contributed by atoms with Gasteiger partial charge in [-0.3, -0.25) is 9.80 Å². The normalized spacial score (nSPS) is 21.1. The molecule has 1 aliphatic rings. The van der Waals surface area contributed by atoms with E-state index in [2.05, 4.69) is 30.7 Å². The molecule has 0 unspecified atom stereocenters. The van der Waals surface area contributed by atoms with E-state index < -0.39 is 0 Å². The summed E-state index contributed by atoms with van der Waals surface area (Å²) in [4.78, 5) is 4.64. The molecule has 0 aromatic heterocycles. The van der Waals surface area contributed by atoms with Crippen molar-refractivity contribution in [1.82, 2.24) is 9.80 Å². The SMILES string of the molecule is CN1CCN(Cc2cccc(N)c2F)CC1(C)C. The van der Waals surface area contributed by atoms with Gasteiger partial charge in [-0.15, -0.1) is 0 Å². The molecule has 18 heavy (non-hydrogen) atoms. The van der Waals surface area contributed by atoms with E-state index in [1.807, 2.05) is 12.1 Å². The molecule has 100 valence electrons. The molecule has 1 heterocycles. The molecule has 4 heteroatoms. The lowest BCUT2D eigenvalue weighted by Crippen LogP contribution is -2.57. The van der Waals surface area contributed by atoms with Gasteiger partial charge in [-0.2, -0.15) is 0 Å². The van der Waals surface area contributed by atoms with Crippen molar-refractivity contribution in [2.75, 3.05) is 32.4 Å². The van der Waals surface area contributed by atoms with Gasteiger partial charge in [0.05, 0.1) is 5.69 Å². The summed E-state index contributed by atoms with van der Waals surface area (Å²) >= 11 is 0. The molecule has 0 saturated carbocycles.